The van der Waals surface area contributed by atoms with Crippen molar-refractivity contribution in [2.24, 2.45) is 0 Å². The Hall–Kier alpha value is -1.03. The van der Waals surface area contributed by atoms with E-state index in [9.17, 15) is 16.8 Å². The van der Waals surface area contributed by atoms with Crippen LogP contribution in [-0.2, 0) is 20.0 Å². The number of halogens is 3. The number of hydrogen-bond donors (Lipinski definition) is 1. The molecule has 0 aliphatic carbocycles. The first-order valence-electron chi connectivity index (χ1n) is 7.89. The van der Waals surface area contributed by atoms with Gasteiger partial charge in [-0.25, -0.2) is 16.8 Å². The third-order valence-corrected chi connectivity index (χ3v) is 8.53. The maximum Gasteiger partial charge on any atom is 0.263 e. The van der Waals surface area contributed by atoms with Gasteiger partial charge in [-0.3, -0.25) is 4.72 Å². The second-order valence-electron chi connectivity index (χ2n) is 5.94. The summed E-state index contributed by atoms with van der Waals surface area (Å²) in [5.74, 6) is 0. The van der Waals surface area contributed by atoms with Crippen molar-refractivity contribution in [1.82, 2.24) is 4.31 Å². The molecule has 0 radical (unpaired) electrons. The lowest BCUT2D eigenvalue weighted by molar-refractivity contribution is 0.477. The monoisotopic (exact) mass is 468 g/mol. The van der Waals surface area contributed by atoms with Crippen molar-refractivity contribution in [2.75, 3.05) is 17.8 Å². The Bertz CT molecular complexity index is 1080. The minimum Gasteiger partial charge on any atom is -0.280 e. The number of nitrogens with zero attached hydrogens (tertiary/aromatic N) is 1. The van der Waals surface area contributed by atoms with Gasteiger partial charge in [-0.05, 0) is 49.2 Å². The Morgan fingerprint density at radius 3 is 2.07 bits per heavy atom. The largest absolute Gasteiger partial charge is 0.280 e. The van der Waals surface area contributed by atoms with Crippen LogP contribution >= 0.6 is 34.8 Å². The fourth-order valence-electron chi connectivity index (χ4n) is 2.73. The van der Waals surface area contributed by atoms with Crippen molar-refractivity contribution in [2.45, 2.75) is 22.6 Å². The summed E-state index contributed by atoms with van der Waals surface area (Å²) in [7, 11) is -7.89. The lowest BCUT2D eigenvalue weighted by Crippen LogP contribution is -2.28. The molecule has 11 heteroatoms. The molecule has 2 aromatic carbocycles. The number of nitrogens with one attached hydrogen (secondary N) is 1. The van der Waals surface area contributed by atoms with Crippen LogP contribution in [0, 0.1) is 0 Å². The third-order valence-electron chi connectivity index (χ3n) is 4.05. The van der Waals surface area contributed by atoms with Gasteiger partial charge in [-0.2, -0.15) is 4.31 Å². The van der Waals surface area contributed by atoms with E-state index in [1.54, 1.807) is 0 Å². The summed E-state index contributed by atoms with van der Waals surface area (Å²) in [6.45, 7) is 0.819. The molecular formula is C16H15Cl3N2O4S2. The van der Waals surface area contributed by atoms with E-state index in [2.05, 4.69) is 4.72 Å². The summed E-state index contributed by atoms with van der Waals surface area (Å²) in [6, 6.07) is 7.95. The van der Waals surface area contributed by atoms with Gasteiger partial charge in [0.15, 0.2) is 0 Å². The van der Waals surface area contributed by atoms with E-state index >= 15 is 0 Å². The predicted octanol–water partition coefficient (Wildman–Crippen LogP) is 4.23. The Morgan fingerprint density at radius 1 is 0.815 bits per heavy atom. The Labute approximate surface area is 173 Å². The minimum absolute atomic E-state index is 0.00854. The molecule has 1 aliphatic rings. The first-order chi connectivity index (χ1) is 12.6. The van der Waals surface area contributed by atoms with Crippen molar-refractivity contribution < 1.29 is 16.8 Å². The first-order valence-corrected chi connectivity index (χ1v) is 11.9. The van der Waals surface area contributed by atoms with Crippen molar-refractivity contribution in [3.05, 3.63) is 51.5 Å². The molecule has 1 aliphatic heterocycles. The molecule has 3 rings (SSSR count). The second-order valence-corrected chi connectivity index (χ2v) is 10.7. The van der Waals surface area contributed by atoms with Crippen LogP contribution in [0.3, 0.4) is 0 Å². The standard InChI is InChI=1S/C16H15Cl3N2O4S2/c17-11-3-5-13(18)15(9-11)26(22,23)20-12-4-6-14(19)16(10-12)27(24,25)21-7-1-2-8-21/h3-6,9-10,20H,1-2,7-8H2. The van der Waals surface area contributed by atoms with Crippen LogP contribution < -0.4 is 4.72 Å². The molecule has 1 heterocycles. The zero-order valence-corrected chi connectivity index (χ0v) is 17.7. The molecule has 2 aromatic rings. The zero-order valence-electron chi connectivity index (χ0n) is 13.8. The third kappa shape index (κ3) is 4.36. The topological polar surface area (TPSA) is 83.5 Å². The van der Waals surface area contributed by atoms with Gasteiger partial charge in [0.25, 0.3) is 10.0 Å². The van der Waals surface area contributed by atoms with E-state index in [1.165, 1.54) is 40.7 Å². The molecule has 0 spiro atoms. The lowest BCUT2D eigenvalue weighted by Gasteiger charge is -2.17. The summed E-state index contributed by atoms with van der Waals surface area (Å²) in [4.78, 5) is -0.362. The van der Waals surface area contributed by atoms with Crippen LogP contribution in [-0.4, -0.2) is 34.2 Å². The normalized spacial score (nSPS) is 15.8. The van der Waals surface area contributed by atoms with E-state index in [0.717, 1.165) is 12.8 Å². The van der Waals surface area contributed by atoms with Crippen molar-refractivity contribution >= 4 is 60.5 Å². The lowest BCUT2D eigenvalue weighted by atomic mass is 10.3. The number of sulfonamides is 2. The van der Waals surface area contributed by atoms with Crippen molar-refractivity contribution in [3.63, 3.8) is 0 Å². The van der Waals surface area contributed by atoms with E-state index in [0.29, 0.717) is 13.1 Å². The van der Waals surface area contributed by atoms with Gasteiger partial charge in [-0.15, -0.1) is 0 Å². The number of hydrogen-bond acceptors (Lipinski definition) is 4. The molecule has 0 bridgehead atoms. The SMILES string of the molecule is O=S(=O)(Nc1ccc(Cl)c(S(=O)(=O)N2CCCC2)c1)c1cc(Cl)ccc1Cl. The minimum atomic E-state index is -4.08. The van der Waals surface area contributed by atoms with Crippen LogP contribution in [0.1, 0.15) is 12.8 Å². The summed E-state index contributed by atoms with van der Waals surface area (Å²) in [5, 5.41) is 0.213. The average molecular weight is 470 g/mol. The van der Waals surface area contributed by atoms with E-state index < -0.39 is 20.0 Å². The number of rotatable bonds is 5. The Kier molecular flexibility index (Phi) is 5.96. The van der Waals surface area contributed by atoms with Gasteiger partial charge in [0, 0.05) is 18.1 Å². The van der Waals surface area contributed by atoms with Gasteiger partial charge in [0.1, 0.15) is 9.79 Å². The number of anilines is 1. The fraction of sp³-hybridized carbons (Fsp3) is 0.250. The molecule has 1 saturated heterocycles. The summed E-state index contributed by atoms with van der Waals surface area (Å²) < 4.78 is 54.4. The van der Waals surface area contributed by atoms with Crippen LogP contribution in [0.2, 0.25) is 15.1 Å². The van der Waals surface area contributed by atoms with E-state index in [1.807, 2.05) is 0 Å². The van der Waals surface area contributed by atoms with Crippen molar-refractivity contribution in [1.29, 1.82) is 0 Å². The second kappa shape index (κ2) is 7.77. The molecular weight excluding hydrogens is 455 g/mol. The highest BCUT2D eigenvalue weighted by Gasteiger charge is 2.30. The number of benzene rings is 2. The van der Waals surface area contributed by atoms with Gasteiger partial charge in [0.05, 0.1) is 15.7 Å². The maximum absolute atomic E-state index is 12.8. The molecule has 146 valence electrons. The molecule has 1 fully saturated rings. The van der Waals surface area contributed by atoms with Gasteiger partial charge < -0.3 is 0 Å². The van der Waals surface area contributed by atoms with Gasteiger partial charge >= 0.3 is 0 Å². The van der Waals surface area contributed by atoms with Crippen LogP contribution in [0.25, 0.3) is 0 Å². The smallest absolute Gasteiger partial charge is 0.263 e. The van der Waals surface area contributed by atoms with E-state index in [4.69, 9.17) is 34.8 Å². The zero-order chi connectivity index (χ0) is 19.8. The molecule has 0 aromatic heterocycles. The van der Waals surface area contributed by atoms with Crippen LogP contribution in [0.5, 0.6) is 0 Å². The van der Waals surface area contributed by atoms with Crippen LogP contribution in [0.4, 0.5) is 5.69 Å². The molecule has 0 amide bonds. The molecule has 6 nitrogen and oxygen atoms in total. The molecule has 0 saturated carbocycles. The molecule has 0 atom stereocenters. The molecule has 1 N–H and O–H groups in total. The first kappa shape index (κ1) is 20.7. The highest BCUT2D eigenvalue weighted by atomic mass is 35.5. The Morgan fingerprint density at radius 2 is 1.41 bits per heavy atom. The van der Waals surface area contributed by atoms with Crippen LogP contribution in [0.15, 0.2) is 46.2 Å². The predicted molar refractivity (Wildman–Crippen MR) is 107 cm³/mol. The average Bonchev–Trinajstić information content (AvgIpc) is 3.14. The fourth-order valence-corrected chi connectivity index (χ4v) is 6.56. The highest BCUT2D eigenvalue weighted by molar-refractivity contribution is 7.93. The summed E-state index contributed by atoms with van der Waals surface area (Å²) in [5.41, 5.74) is 0.0493. The molecule has 27 heavy (non-hydrogen) atoms. The highest BCUT2D eigenvalue weighted by Crippen LogP contribution is 2.31. The Balaban J connectivity index is 1.98. The van der Waals surface area contributed by atoms with Gasteiger partial charge in [0.2, 0.25) is 10.0 Å². The van der Waals surface area contributed by atoms with Crippen molar-refractivity contribution in [3.8, 4) is 0 Å². The van der Waals surface area contributed by atoms with E-state index in [-0.39, 0.29) is 30.5 Å². The summed E-state index contributed by atoms with van der Waals surface area (Å²) in [6.07, 6.45) is 1.55. The molecule has 0 unspecified atom stereocenters. The van der Waals surface area contributed by atoms with Gasteiger partial charge in [-0.1, -0.05) is 34.8 Å². The quantitative estimate of drug-likeness (QED) is 0.710. The maximum atomic E-state index is 12.8. The summed E-state index contributed by atoms with van der Waals surface area (Å²) >= 11 is 17.9.